The van der Waals surface area contributed by atoms with Gasteiger partial charge in [-0.25, -0.2) is 0 Å². The maximum Gasteiger partial charge on any atom is 0.223 e. The number of nitrogens with zero attached hydrogens (tertiary/aromatic N) is 4. The van der Waals surface area contributed by atoms with E-state index in [1.807, 2.05) is 35.0 Å². The number of morpholine rings is 1. The molecule has 0 aliphatic carbocycles. The molecule has 2 saturated heterocycles. The number of amides is 2. The van der Waals surface area contributed by atoms with Crippen molar-refractivity contribution in [3.63, 3.8) is 0 Å². The molecule has 184 valence electrons. The first-order chi connectivity index (χ1) is 16.4. The fourth-order valence-electron chi connectivity index (χ4n) is 4.81. The Kier molecular flexibility index (Phi) is 8.11. The Hall–Kier alpha value is -2.58. The molecule has 0 bridgehead atoms. The quantitative estimate of drug-likeness (QED) is 0.571. The van der Waals surface area contributed by atoms with Gasteiger partial charge in [0.05, 0.1) is 19.8 Å². The van der Waals surface area contributed by atoms with Crippen molar-refractivity contribution in [3.8, 4) is 5.75 Å². The standard InChI is InChI=1S/C25H33ClN4O4/c1-28-21(8-10-27-28)6-7-23(31)30-11-3-9-25(18-30,17-24(32)29-12-14-33-15-13-29)19-34-22-5-2-4-20(26)16-22/h2,4-5,8,10,16H,3,6-7,9,11-15,17-19H2,1H3/t25-/m1/s1. The van der Waals surface area contributed by atoms with Crippen LogP contribution in [0, 0.1) is 5.41 Å². The summed E-state index contributed by atoms with van der Waals surface area (Å²) in [6.07, 6.45) is 4.82. The minimum atomic E-state index is -0.446. The molecule has 1 aromatic carbocycles. The zero-order chi connectivity index (χ0) is 24.0. The van der Waals surface area contributed by atoms with Crippen molar-refractivity contribution in [2.75, 3.05) is 46.0 Å². The van der Waals surface area contributed by atoms with Gasteiger partial charge < -0.3 is 19.3 Å². The van der Waals surface area contributed by atoms with Crippen LogP contribution in [0.25, 0.3) is 0 Å². The lowest BCUT2D eigenvalue weighted by Gasteiger charge is -2.43. The van der Waals surface area contributed by atoms with Crippen molar-refractivity contribution in [2.24, 2.45) is 12.5 Å². The second-order valence-electron chi connectivity index (χ2n) is 9.28. The number of rotatable bonds is 8. The summed E-state index contributed by atoms with van der Waals surface area (Å²) in [6, 6.07) is 9.23. The molecule has 2 amide bonds. The Bertz CT molecular complexity index is 991. The maximum absolute atomic E-state index is 13.2. The third kappa shape index (κ3) is 6.30. The average molecular weight is 489 g/mol. The highest BCUT2D eigenvalue weighted by molar-refractivity contribution is 6.30. The lowest BCUT2D eigenvalue weighted by atomic mass is 9.77. The van der Waals surface area contributed by atoms with Crippen LogP contribution >= 0.6 is 11.6 Å². The Morgan fingerprint density at radius 3 is 2.71 bits per heavy atom. The molecule has 0 radical (unpaired) electrons. The van der Waals surface area contributed by atoms with Crippen LogP contribution in [0.1, 0.15) is 31.4 Å². The number of hydrogen-bond acceptors (Lipinski definition) is 5. The second-order valence-corrected chi connectivity index (χ2v) is 9.72. The molecule has 2 aliphatic rings. The molecule has 1 atom stereocenters. The second kappa shape index (κ2) is 11.2. The van der Waals surface area contributed by atoms with Crippen LogP contribution in [-0.2, 0) is 27.8 Å². The van der Waals surface area contributed by atoms with E-state index in [0.717, 1.165) is 18.5 Å². The fourth-order valence-corrected chi connectivity index (χ4v) is 4.99. The van der Waals surface area contributed by atoms with Gasteiger partial charge in [-0.15, -0.1) is 0 Å². The first kappa shape index (κ1) is 24.5. The van der Waals surface area contributed by atoms with Gasteiger partial charge in [-0.05, 0) is 43.5 Å². The third-order valence-corrected chi connectivity index (χ3v) is 7.00. The summed E-state index contributed by atoms with van der Waals surface area (Å²) in [5.41, 5.74) is 0.585. The predicted octanol–water partition coefficient (Wildman–Crippen LogP) is 2.94. The van der Waals surface area contributed by atoms with E-state index in [4.69, 9.17) is 21.1 Å². The van der Waals surface area contributed by atoms with Gasteiger partial charge in [-0.2, -0.15) is 5.10 Å². The van der Waals surface area contributed by atoms with Gasteiger partial charge in [-0.3, -0.25) is 14.3 Å². The number of likely N-dealkylation sites (tertiary alicyclic amines) is 1. The summed E-state index contributed by atoms with van der Waals surface area (Å²) >= 11 is 6.13. The SMILES string of the molecule is Cn1nccc1CCC(=O)N1CCC[C@@](COc2cccc(Cl)c2)(CC(=O)N2CCOCC2)C1. The number of carbonyl (C=O) groups excluding carboxylic acids is 2. The average Bonchev–Trinajstić information content (AvgIpc) is 3.26. The topological polar surface area (TPSA) is 76.9 Å². The lowest BCUT2D eigenvalue weighted by Crippen LogP contribution is -2.52. The molecule has 4 rings (SSSR count). The first-order valence-electron chi connectivity index (χ1n) is 11.9. The van der Waals surface area contributed by atoms with E-state index in [9.17, 15) is 9.59 Å². The largest absolute Gasteiger partial charge is 0.493 e. The summed E-state index contributed by atoms with van der Waals surface area (Å²) in [5.74, 6) is 0.874. The molecular formula is C25H33ClN4O4. The highest BCUT2D eigenvalue weighted by Gasteiger charge is 2.41. The maximum atomic E-state index is 13.2. The number of piperidine rings is 1. The number of aromatic nitrogens is 2. The van der Waals surface area contributed by atoms with Gasteiger partial charge in [-0.1, -0.05) is 17.7 Å². The highest BCUT2D eigenvalue weighted by atomic mass is 35.5. The summed E-state index contributed by atoms with van der Waals surface area (Å²) in [5, 5.41) is 4.78. The minimum absolute atomic E-state index is 0.0992. The molecule has 0 N–H and O–H groups in total. The Morgan fingerprint density at radius 1 is 1.15 bits per heavy atom. The van der Waals surface area contributed by atoms with Crippen molar-refractivity contribution in [3.05, 3.63) is 47.2 Å². The molecule has 8 nitrogen and oxygen atoms in total. The number of halogens is 1. The molecule has 0 spiro atoms. The van der Waals surface area contributed by atoms with E-state index in [1.54, 1.807) is 23.0 Å². The van der Waals surface area contributed by atoms with Crippen LogP contribution in [0.15, 0.2) is 36.5 Å². The van der Waals surface area contributed by atoms with Crippen LogP contribution in [0.4, 0.5) is 0 Å². The number of aryl methyl sites for hydroxylation is 2. The Balaban J connectivity index is 1.45. The molecule has 0 unspecified atom stereocenters. The van der Waals surface area contributed by atoms with Crippen LogP contribution in [0.3, 0.4) is 0 Å². The van der Waals surface area contributed by atoms with E-state index in [2.05, 4.69) is 5.10 Å². The number of ether oxygens (including phenoxy) is 2. The van der Waals surface area contributed by atoms with Gasteiger partial charge >= 0.3 is 0 Å². The van der Waals surface area contributed by atoms with Crippen LogP contribution < -0.4 is 4.74 Å². The first-order valence-corrected chi connectivity index (χ1v) is 12.3. The fraction of sp³-hybridized carbons (Fsp3) is 0.560. The highest BCUT2D eigenvalue weighted by Crippen LogP contribution is 2.36. The smallest absolute Gasteiger partial charge is 0.223 e. The predicted molar refractivity (Wildman–Crippen MR) is 129 cm³/mol. The monoisotopic (exact) mass is 488 g/mol. The van der Waals surface area contributed by atoms with E-state index in [1.165, 1.54) is 0 Å². The molecule has 2 aromatic rings. The van der Waals surface area contributed by atoms with Gasteiger partial charge in [0, 0.05) is 68.4 Å². The summed E-state index contributed by atoms with van der Waals surface area (Å²) in [4.78, 5) is 30.1. The van der Waals surface area contributed by atoms with Crippen LogP contribution in [0.2, 0.25) is 5.02 Å². The lowest BCUT2D eigenvalue weighted by molar-refractivity contribution is -0.143. The molecule has 3 heterocycles. The van der Waals surface area contributed by atoms with E-state index >= 15 is 0 Å². The van der Waals surface area contributed by atoms with Crippen molar-refractivity contribution in [1.29, 1.82) is 0 Å². The van der Waals surface area contributed by atoms with Crippen LogP contribution in [0.5, 0.6) is 5.75 Å². The molecular weight excluding hydrogens is 456 g/mol. The normalized spacial score (nSPS) is 20.9. The number of carbonyl (C=O) groups is 2. The Labute approximate surface area is 205 Å². The van der Waals surface area contributed by atoms with Gasteiger partial charge in [0.1, 0.15) is 5.75 Å². The Morgan fingerprint density at radius 2 is 1.97 bits per heavy atom. The molecule has 2 aliphatic heterocycles. The van der Waals surface area contributed by atoms with Gasteiger partial charge in [0.2, 0.25) is 11.8 Å². The molecule has 2 fully saturated rings. The zero-order valence-corrected chi connectivity index (χ0v) is 20.5. The molecule has 1 aromatic heterocycles. The number of hydrogen-bond donors (Lipinski definition) is 0. The van der Waals surface area contributed by atoms with Gasteiger partial charge in [0.25, 0.3) is 0 Å². The van der Waals surface area contributed by atoms with E-state index < -0.39 is 5.41 Å². The van der Waals surface area contributed by atoms with E-state index in [-0.39, 0.29) is 11.8 Å². The number of benzene rings is 1. The van der Waals surface area contributed by atoms with Crippen LogP contribution in [-0.4, -0.2) is 77.4 Å². The molecule has 34 heavy (non-hydrogen) atoms. The summed E-state index contributed by atoms with van der Waals surface area (Å²) in [7, 11) is 1.89. The summed E-state index contributed by atoms with van der Waals surface area (Å²) < 4.78 is 13.4. The van der Waals surface area contributed by atoms with E-state index in [0.29, 0.717) is 76.0 Å². The van der Waals surface area contributed by atoms with Crippen molar-refractivity contribution < 1.29 is 19.1 Å². The molecule has 9 heteroatoms. The minimum Gasteiger partial charge on any atom is -0.493 e. The van der Waals surface area contributed by atoms with Crippen molar-refractivity contribution in [1.82, 2.24) is 19.6 Å². The molecule has 0 saturated carbocycles. The third-order valence-electron chi connectivity index (χ3n) is 6.76. The van der Waals surface area contributed by atoms with Gasteiger partial charge in [0.15, 0.2) is 0 Å². The van der Waals surface area contributed by atoms with Crippen molar-refractivity contribution in [2.45, 2.75) is 32.1 Å². The summed E-state index contributed by atoms with van der Waals surface area (Å²) in [6.45, 7) is 3.92. The van der Waals surface area contributed by atoms with Crippen molar-refractivity contribution >= 4 is 23.4 Å². The zero-order valence-electron chi connectivity index (χ0n) is 19.7.